The van der Waals surface area contributed by atoms with Crippen molar-refractivity contribution in [2.24, 2.45) is 0 Å². The molecule has 0 saturated heterocycles. The maximum absolute atomic E-state index is 5.54. The Balaban J connectivity index is 2.10. The molecule has 0 spiro atoms. The lowest BCUT2D eigenvalue weighted by Gasteiger charge is -2.29. The summed E-state index contributed by atoms with van der Waals surface area (Å²) in [5.41, 5.74) is 3.53. The smallest absolute Gasteiger partial charge is 0.131 e. The van der Waals surface area contributed by atoms with Gasteiger partial charge in [-0.2, -0.15) is 0 Å². The van der Waals surface area contributed by atoms with Gasteiger partial charge < -0.3 is 19.3 Å². The van der Waals surface area contributed by atoms with E-state index in [1.165, 1.54) is 11.4 Å². The van der Waals surface area contributed by atoms with Crippen molar-refractivity contribution in [3.05, 3.63) is 48.0 Å². The first-order valence-corrected chi connectivity index (χ1v) is 6.94. The first kappa shape index (κ1) is 13.6. The molecule has 2 aromatic rings. The summed E-state index contributed by atoms with van der Waals surface area (Å²) in [7, 11) is 7.59. The van der Waals surface area contributed by atoms with Gasteiger partial charge in [0.15, 0.2) is 0 Å². The normalized spacial score (nSPS) is 14.3. The second-order valence-electron chi connectivity index (χ2n) is 5.19. The number of hydrogen-bond acceptors (Lipinski definition) is 4. The van der Waals surface area contributed by atoms with E-state index >= 15 is 0 Å². The Morgan fingerprint density at radius 3 is 2.00 bits per heavy atom. The van der Waals surface area contributed by atoms with Crippen molar-refractivity contribution in [1.29, 1.82) is 0 Å². The van der Waals surface area contributed by atoms with Crippen LogP contribution in [0.2, 0.25) is 0 Å². The van der Waals surface area contributed by atoms with Crippen molar-refractivity contribution in [1.82, 2.24) is 0 Å². The molecular formula is C17H20N2O2. The number of nitrogens with zero attached hydrogens (tertiary/aromatic N) is 2. The maximum atomic E-state index is 5.54. The third-order valence-corrected chi connectivity index (χ3v) is 4.09. The van der Waals surface area contributed by atoms with E-state index in [1.807, 2.05) is 18.2 Å². The van der Waals surface area contributed by atoms with Crippen LogP contribution >= 0.6 is 0 Å². The lowest BCUT2D eigenvalue weighted by molar-refractivity contribution is 0.395. The van der Waals surface area contributed by atoms with Crippen LogP contribution in [0.1, 0.15) is 11.7 Å². The first-order valence-electron chi connectivity index (χ1n) is 6.94. The van der Waals surface area contributed by atoms with E-state index in [-0.39, 0.29) is 6.17 Å². The Morgan fingerprint density at radius 1 is 0.857 bits per heavy atom. The summed E-state index contributed by atoms with van der Waals surface area (Å²) in [5.74, 6) is 1.70. The number of methoxy groups -OCH3 is 2. The van der Waals surface area contributed by atoms with E-state index < -0.39 is 0 Å². The summed E-state index contributed by atoms with van der Waals surface area (Å²) in [6, 6.07) is 14.3. The number of benzene rings is 2. The molecule has 0 amide bonds. The summed E-state index contributed by atoms with van der Waals surface area (Å²) in [4.78, 5) is 4.51. The summed E-state index contributed by atoms with van der Waals surface area (Å²) >= 11 is 0. The Labute approximate surface area is 125 Å². The molecular weight excluding hydrogens is 264 g/mol. The third-order valence-electron chi connectivity index (χ3n) is 4.09. The van der Waals surface area contributed by atoms with Crippen LogP contribution in [0.4, 0.5) is 11.4 Å². The van der Waals surface area contributed by atoms with E-state index in [0.717, 1.165) is 17.1 Å². The number of ether oxygens (including phenoxy) is 2. The zero-order valence-corrected chi connectivity index (χ0v) is 12.8. The zero-order chi connectivity index (χ0) is 15.0. The van der Waals surface area contributed by atoms with Crippen LogP contribution in [0.5, 0.6) is 11.5 Å². The highest BCUT2D eigenvalue weighted by molar-refractivity contribution is 5.78. The fourth-order valence-electron chi connectivity index (χ4n) is 3.04. The molecule has 1 aliphatic rings. The molecule has 0 radical (unpaired) electrons. The van der Waals surface area contributed by atoms with E-state index in [9.17, 15) is 0 Å². The van der Waals surface area contributed by atoms with Gasteiger partial charge in [-0.05, 0) is 30.3 Å². The number of anilines is 2. The Morgan fingerprint density at radius 2 is 1.48 bits per heavy atom. The quantitative estimate of drug-likeness (QED) is 0.863. The minimum absolute atomic E-state index is 0.0902. The van der Waals surface area contributed by atoms with Crippen LogP contribution in [0.15, 0.2) is 42.5 Å². The fraction of sp³-hybridized carbons (Fsp3) is 0.294. The van der Waals surface area contributed by atoms with Crippen molar-refractivity contribution < 1.29 is 9.47 Å². The molecule has 110 valence electrons. The maximum Gasteiger partial charge on any atom is 0.131 e. The van der Waals surface area contributed by atoms with E-state index in [1.54, 1.807) is 14.2 Å². The SMILES string of the molecule is COc1ccc(OC)c(C2N(C)c3ccccc3N2C)c1. The summed E-state index contributed by atoms with van der Waals surface area (Å²) < 4.78 is 10.9. The molecule has 4 heteroatoms. The van der Waals surface area contributed by atoms with Gasteiger partial charge in [0, 0.05) is 19.7 Å². The average molecular weight is 284 g/mol. The molecule has 0 unspecified atom stereocenters. The van der Waals surface area contributed by atoms with Crippen LogP contribution in [0.3, 0.4) is 0 Å². The molecule has 0 saturated carbocycles. The van der Waals surface area contributed by atoms with Gasteiger partial charge in [0.1, 0.15) is 17.7 Å². The molecule has 0 aromatic heterocycles. The predicted octanol–water partition coefficient (Wildman–Crippen LogP) is 3.29. The molecule has 0 bridgehead atoms. The van der Waals surface area contributed by atoms with Crippen LogP contribution in [-0.2, 0) is 0 Å². The highest BCUT2D eigenvalue weighted by atomic mass is 16.5. The highest BCUT2D eigenvalue weighted by Gasteiger charge is 2.34. The van der Waals surface area contributed by atoms with Gasteiger partial charge in [0.05, 0.1) is 25.6 Å². The van der Waals surface area contributed by atoms with Gasteiger partial charge in [-0.25, -0.2) is 0 Å². The van der Waals surface area contributed by atoms with Gasteiger partial charge in [-0.3, -0.25) is 0 Å². The van der Waals surface area contributed by atoms with Crippen molar-refractivity contribution in [2.45, 2.75) is 6.17 Å². The van der Waals surface area contributed by atoms with Crippen molar-refractivity contribution in [3.63, 3.8) is 0 Å². The summed E-state index contributed by atoms with van der Waals surface area (Å²) in [6.07, 6.45) is 0.0902. The van der Waals surface area contributed by atoms with Crippen molar-refractivity contribution in [3.8, 4) is 11.5 Å². The lowest BCUT2D eigenvalue weighted by Crippen LogP contribution is -2.30. The van der Waals surface area contributed by atoms with Crippen molar-refractivity contribution in [2.75, 3.05) is 38.1 Å². The molecule has 0 N–H and O–H groups in total. The van der Waals surface area contributed by atoms with Gasteiger partial charge in [-0.1, -0.05) is 12.1 Å². The average Bonchev–Trinajstić information content (AvgIpc) is 2.78. The monoisotopic (exact) mass is 284 g/mol. The van der Waals surface area contributed by atoms with E-state index in [4.69, 9.17) is 9.47 Å². The largest absolute Gasteiger partial charge is 0.497 e. The molecule has 2 aromatic carbocycles. The lowest BCUT2D eigenvalue weighted by atomic mass is 10.1. The van der Waals surface area contributed by atoms with Crippen molar-refractivity contribution >= 4 is 11.4 Å². The van der Waals surface area contributed by atoms with E-state index in [2.05, 4.69) is 48.2 Å². The molecule has 0 fully saturated rings. The molecule has 21 heavy (non-hydrogen) atoms. The molecule has 4 nitrogen and oxygen atoms in total. The number of hydrogen-bond donors (Lipinski definition) is 0. The topological polar surface area (TPSA) is 24.9 Å². The minimum atomic E-state index is 0.0902. The van der Waals surface area contributed by atoms with Gasteiger partial charge in [0.2, 0.25) is 0 Å². The molecule has 0 atom stereocenters. The molecule has 1 aliphatic heterocycles. The fourth-order valence-corrected chi connectivity index (χ4v) is 3.04. The number of rotatable bonds is 3. The Hall–Kier alpha value is -2.36. The molecule has 1 heterocycles. The predicted molar refractivity (Wildman–Crippen MR) is 85.5 cm³/mol. The van der Waals surface area contributed by atoms with E-state index in [0.29, 0.717) is 0 Å². The number of fused-ring (bicyclic) bond motifs is 1. The second kappa shape index (κ2) is 5.20. The van der Waals surface area contributed by atoms with Gasteiger partial charge >= 0.3 is 0 Å². The Bertz CT molecular complexity index is 628. The molecule has 3 rings (SSSR count). The minimum Gasteiger partial charge on any atom is -0.497 e. The zero-order valence-electron chi connectivity index (χ0n) is 12.8. The Kier molecular flexibility index (Phi) is 3.37. The standard InChI is InChI=1S/C17H20N2O2/c1-18-14-7-5-6-8-15(14)19(2)17(18)13-11-12(20-3)9-10-16(13)21-4/h5-11,17H,1-4H3. The van der Waals surface area contributed by atoms with Gasteiger partial charge in [0.25, 0.3) is 0 Å². The van der Waals surface area contributed by atoms with Crippen LogP contribution in [0, 0.1) is 0 Å². The van der Waals surface area contributed by atoms with Gasteiger partial charge in [-0.15, -0.1) is 0 Å². The third kappa shape index (κ3) is 2.07. The highest BCUT2D eigenvalue weighted by Crippen LogP contribution is 2.46. The van der Waals surface area contributed by atoms with Crippen LogP contribution in [0.25, 0.3) is 0 Å². The summed E-state index contributed by atoms with van der Waals surface area (Å²) in [6.45, 7) is 0. The first-order chi connectivity index (χ1) is 10.2. The summed E-state index contributed by atoms with van der Waals surface area (Å²) in [5, 5.41) is 0. The number of para-hydroxylation sites is 2. The van der Waals surface area contributed by atoms with Crippen LogP contribution < -0.4 is 19.3 Å². The molecule has 0 aliphatic carbocycles. The van der Waals surface area contributed by atoms with Crippen LogP contribution in [-0.4, -0.2) is 28.3 Å². The second-order valence-corrected chi connectivity index (χ2v) is 5.19.